The van der Waals surface area contributed by atoms with Crippen LogP contribution in [-0.2, 0) is 16.1 Å². The SMILES string of the molecule is N[C@@H]1C=C[C@H](C(=O)OCc2ccccc2)C1. The predicted octanol–water partition coefficient (Wildman–Crippen LogP) is 1.63. The van der Waals surface area contributed by atoms with Crippen molar-refractivity contribution in [3.63, 3.8) is 0 Å². The molecule has 2 rings (SSSR count). The first-order chi connectivity index (χ1) is 7.75. The monoisotopic (exact) mass is 217 g/mol. The molecule has 16 heavy (non-hydrogen) atoms. The third-order valence-electron chi connectivity index (χ3n) is 2.64. The van der Waals surface area contributed by atoms with E-state index in [1.54, 1.807) is 0 Å². The highest BCUT2D eigenvalue weighted by molar-refractivity contribution is 5.75. The zero-order valence-electron chi connectivity index (χ0n) is 9.00. The van der Waals surface area contributed by atoms with E-state index in [1.807, 2.05) is 42.5 Å². The fourth-order valence-electron chi connectivity index (χ4n) is 1.74. The number of carbonyl (C=O) groups is 1. The van der Waals surface area contributed by atoms with E-state index >= 15 is 0 Å². The van der Waals surface area contributed by atoms with Crippen LogP contribution in [0.1, 0.15) is 12.0 Å². The minimum atomic E-state index is -0.187. The number of esters is 1. The number of hydrogen-bond acceptors (Lipinski definition) is 3. The van der Waals surface area contributed by atoms with Gasteiger partial charge in [0.05, 0.1) is 5.92 Å². The number of rotatable bonds is 3. The second-order valence-electron chi connectivity index (χ2n) is 3.98. The average molecular weight is 217 g/mol. The van der Waals surface area contributed by atoms with Gasteiger partial charge >= 0.3 is 5.97 Å². The molecule has 1 aromatic rings. The average Bonchev–Trinajstić information content (AvgIpc) is 2.74. The number of hydrogen-bond donors (Lipinski definition) is 1. The number of nitrogens with two attached hydrogens (primary N) is 1. The van der Waals surface area contributed by atoms with Gasteiger partial charge in [0.15, 0.2) is 0 Å². The smallest absolute Gasteiger partial charge is 0.313 e. The van der Waals surface area contributed by atoms with Gasteiger partial charge in [-0.05, 0) is 12.0 Å². The maximum Gasteiger partial charge on any atom is 0.313 e. The van der Waals surface area contributed by atoms with Crippen LogP contribution in [-0.4, -0.2) is 12.0 Å². The molecule has 1 aromatic carbocycles. The molecule has 0 amide bonds. The fourth-order valence-corrected chi connectivity index (χ4v) is 1.74. The van der Waals surface area contributed by atoms with Gasteiger partial charge in [-0.15, -0.1) is 0 Å². The summed E-state index contributed by atoms with van der Waals surface area (Å²) in [5, 5.41) is 0. The van der Waals surface area contributed by atoms with Crippen LogP contribution in [0.15, 0.2) is 42.5 Å². The van der Waals surface area contributed by atoms with Gasteiger partial charge in [-0.1, -0.05) is 42.5 Å². The lowest BCUT2D eigenvalue weighted by atomic mass is 10.1. The molecule has 84 valence electrons. The van der Waals surface area contributed by atoms with Crippen molar-refractivity contribution in [2.75, 3.05) is 0 Å². The van der Waals surface area contributed by atoms with Gasteiger partial charge in [-0.3, -0.25) is 4.79 Å². The number of benzene rings is 1. The van der Waals surface area contributed by atoms with E-state index in [0.29, 0.717) is 13.0 Å². The van der Waals surface area contributed by atoms with Crippen molar-refractivity contribution in [3.05, 3.63) is 48.0 Å². The molecule has 3 nitrogen and oxygen atoms in total. The molecule has 1 aliphatic carbocycles. The molecule has 0 spiro atoms. The maximum atomic E-state index is 11.6. The normalized spacial score (nSPS) is 23.3. The summed E-state index contributed by atoms with van der Waals surface area (Å²) in [4.78, 5) is 11.6. The summed E-state index contributed by atoms with van der Waals surface area (Å²) in [5.74, 6) is -0.355. The molecule has 0 unspecified atom stereocenters. The van der Waals surface area contributed by atoms with Crippen LogP contribution >= 0.6 is 0 Å². The molecular weight excluding hydrogens is 202 g/mol. The molecule has 0 radical (unpaired) electrons. The lowest BCUT2D eigenvalue weighted by Gasteiger charge is -2.09. The number of ether oxygens (including phenoxy) is 1. The summed E-state index contributed by atoms with van der Waals surface area (Å²) in [6, 6.07) is 9.65. The van der Waals surface area contributed by atoms with Crippen molar-refractivity contribution in [2.24, 2.45) is 11.7 Å². The van der Waals surface area contributed by atoms with E-state index in [1.165, 1.54) is 0 Å². The molecule has 2 atom stereocenters. The minimum absolute atomic E-state index is 0.00530. The van der Waals surface area contributed by atoms with Gasteiger partial charge in [0.25, 0.3) is 0 Å². The maximum absolute atomic E-state index is 11.6. The summed E-state index contributed by atoms with van der Waals surface area (Å²) >= 11 is 0. The molecule has 0 saturated carbocycles. The molecule has 0 bridgehead atoms. The van der Waals surface area contributed by atoms with Crippen molar-refractivity contribution in [1.82, 2.24) is 0 Å². The zero-order chi connectivity index (χ0) is 11.4. The Morgan fingerprint density at radius 3 is 2.69 bits per heavy atom. The van der Waals surface area contributed by atoms with Crippen LogP contribution in [0.2, 0.25) is 0 Å². The molecule has 0 saturated heterocycles. The van der Waals surface area contributed by atoms with Crippen LogP contribution in [0.25, 0.3) is 0 Å². The fraction of sp³-hybridized carbons (Fsp3) is 0.308. The van der Waals surface area contributed by atoms with Crippen molar-refractivity contribution < 1.29 is 9.53 Å². The summed E-state index contributed by atoms with van der Waals surface area (Å²) in [7, 11) is 0. The van der Waals surface area contributed by atoms with Crippen LogP contribution in [0, 0.1) is 5.92 Å². The quantitative estimate of drug-likeness (QED) is 0.618. The van der Waals surface area contributed by atoms with Gasteiger partial charge in [-0.25, -0.2) is 0 Å². The van der Waals surface area contributed by atoms with Crippen LogP contribution < -0.4 is 5.73 Å². The van der Waals surface area contributed by atoms with E-state index < -0.39 is 0 Å². The molecule has 0 heterocycles. The highest BCUT2D eigenvalue weighted by atomic mass is 16.5. The Morgan fingerprint density at radius 1 is 1.31 bits per heavy atom. The first-order valence-corrected chi connectivity index (χ1v) is 5.40. The molecule has 0 fully saturated rings. The van der Waals surface area contributed by atoms with Crippen LogP contribution in [0.4, 0.5) is 0 Å². The summed E-state index contributed by atoms with van der Waals surface area (Å²) < 4.78 is 5.21. The Labute approximate surface area is 94.9 Å². The molecular formula is C13H15NO2. The van der Waals surface area contributed by atoms with Gasteiger partial charge in [0.2, 0.25) is 0 Å². The van der Waals surface area contributed by atoms with Crippen molar-refractivity contribution >= 4 is 5.97 Å². The lowest BCUT2D eigenvalue weighted by Crippen LogP contribution is -2.20. The Bertz CT molecular complexity index is 386. The predicted molar refractivity (Wildman–Crippen MR) is 61.5 cm³/mol. The van der Waals surface area contributed by atoms with Crippen LogP contribution in [0.3, 0.4) is 0 Å². The van der Waals surface area contributed by atoms with Crippen molar-refractivity contribution in [1.29, 1.82) is 0 Å². The van der Waals surface area contributed by atoms with E-state index in [2.05, 4.69) is 0 Å². The molecule has 2 N–H and O–H groups in total. The molecule has 3 heteroatoms. The largest absolute Gasteiger partial charge is 0.460 e. The van der Waals surface area contributed by atoms with E-state index in [4.69, 9.17) is 10.5 Å². The first-order valence-electron chi connectivity index (χ1n) is 5.40. The van der Waals surface area contributed by atoms with E-state index in [0.717, 1.165) is 5.56 Å². The second-order valence-corrected chi connectivity index (χ2v) is 3.98. The Morgan fingerprint density at radius 2 is 2.06 bits per heavy atom. The zero-order valence-corrected chi connectivity index (χ0v) is 9.00. The van der Waals surface area contributed by atoms with E-state index in [-0.39, 0.29) is 17.9 Å². The summed E-state index contributed by atoms with van der Waals surface area (Å²) in [6.07, 6.45) is 4.35. The van der Waals surface area contributed by atoms with Gasteiger partial charge < -0.3 is 10.5 Å². The summed E-state index contributed by atoms with van der Waals surface area (Å²) in [5.41, 5.74) is 6.68. The Hall–Kier alpha value is -1.61. The van der Waals surface area contributed by atoms with Gasteiger partial charge in [0, 0.05) is 6.04 Å². The minimum Gasteiger partial charge on any atom is -0.460 e. The third-order valence-corrected chi connectivity index (χ3v) is 2.64. The number of carbonyl (C=O) groups excluding carboxylic acids is 1. The molecule has 0 aliphatic heterocycles. The Kier molecular flexibility index (Phi) is 3.37. The third kappa shape index (κ3) is 2.70. The van der Waals surface area contributed by atoms with E-state index in [9.17, 15) is 4.79 Å². The highest BCUT2D eigenvalue weighted by Gasteiger charge is 2.23. The van der Waals surface area contributed by atoms with Crippen LogP contribution in [0.5, 0.6) is 0 Å². The first kappa shape index (κ1) is 10.9. The Balaban J connectivity index is 1.83. The summed E-state index contributed by atoms with van der Waals surface area (Å²) in [6.45, 7) is 0.333. The second kappa shape index (κ2) is 4.94. The molecule has 1 aliphatic rings. The van der Waals surface area contributed by atoms with Crippen molar-refractivity contribution in [3.8, 4) is 0 Å². The van der Waals surface area contributed by atoms with Gasteiger partial charge in [0.1, 0.15) is 6.61 Å². The highest BCUT2D eigenvalue weighted by Crippen LogP contribution is 2.18. The standard InChI is InChI=1S/C13H15NO2/c14-12-7-6-11(8-12)13(15)16-9-10-4-2-1-3-5-10/h1-7,11-12H,8-9,14H2/t11-,12+/m0/s1. The lowest BCUT2D eigenvalue weighted by molar-refractivity contribution is -0.148. The van der Waals surface area contributed by atoms with Gasteiger partial charge in [-0.2, -0.15) is 0 Å². The topological polar surface area (TPSA) is 52.3 Å². The van der Waals surface area contributed by atoms with Crippen molar-refractivity contribution in [2.45, 2.75) is 19.1 Å². The molecule has 0 aromatic heterocycles.